The molecule has 0 aliphatic heterocycles. The highest BCUT2D eigenvalue weighted by Crippen LogP contribution is 2.17. The van der Waals surface area contributed by atoms with Crippen molar-refractivity contribution >= 4 is 5.91 Å². The maximum absolute atomic E-state index is 11.6. The molecule has 0 bridgehead atoms. The summed E-state index contributed by atoms with van der Waals surface area (Å²) in [5.74, 6) is 0.0964. The molecule has 0 unspecified atom stereocenters. The van der Waals surface area contributed by atoms with Crippen molar-refractivity contribution in [3.8, 4) is 0 Å². The molecule has 1 fully saturated rings. The van der Waals surface area contributed by atoms with Gasteiger partial charge in [0.2, 0.25) is 5.91 Å². The largest absolute Gasteiger partial charge is 0.352 e. The molecule has 5 heteroatoms. The van der Waals surface area contributed by atoms with Crippen LogP contribution in [0.5, 0.6) is 0 Å². The minimum atomic E-state index is 0.0964. The van der Waals surface area contributed by atoms with Crippen molar-refractivity contribution in [3.63, 3.8) is 0 Å². The normalized spacial score (nSPS) is 16.3. The number of aryl methyl sites for hydroxylation is 1. The van der Waals surface area contributed by atoms with E-state index in [0.717, 1.165) is 18.5 Å². The van der Waals surface area contributed by atoms with Gasteiger partial charge in [-0.05, 0) is 18.9 Å². The Morgan fingerprint density at radius 2 is 2.29 bits per heavy atom. The quantitative estimate of drug-likeness (QED) is 0.785. The van der Waals surface area contributed by atoms with Crippen LogP contribution in [-0.2, 0) is 18.4 Å². The van der Waals surface area contributed by atoms with Gasteiger partial charge in [-0.25, -0.2) is 0 Å². The summed E-state index contributed by atoms with van der Waals surface area (Å²) in [4.78, 5) is 11.6. The molecule has 0 atom stereocenters. The minimum Gasteiger partial charge on any atom is -0.352 e. The molecule has 0 spiro atoms. The minimum absolute atomic E-state index is 0.0964. The molecule has 5 nitrogen and oxygen atoms in total. The Kier molecular flexibility index (Phi) is 4.14. The Balaban J connectivity index is 1.64. The molecule has 1 aliphatic carbocycles. The van der Waals surface area contributed by atoms with E-state index in [0.29, 0.717) is 19.1 Å². The zero-order valence-corrected chi connectivity index (χ0v) is 10.3. The summed E-state index contributed by atoms with van der Waals surface area (Å²) in [6.07, 6.45) is 6.51. The maximum Gasteiger partial charge on any atom is 0.234 e. The van der Waals surface area contributed by atoms with Gasteiger partial charge in [-0.3, -0.25) is 9.48 Å². The van der Waals surface area contributed by atoms with Gasteiger partial charge < -0.3 is 10.6 Å². The number of nitrogens with zero attached hydrogens (tertiary/aromatic N) is 2. The van der Waals surface area contributed by atoms with Crippen molar-refractivity contribution in [2.45, 2.75) is 38.3 Å². The molecule has 17 heavy (non-hydrogen) atoms. The van der Waals surface area contributed by atoms with Crippen molar-refractivity contribution < 1.29 is 4.79 Å². The van der Waals surface area contributed by atoms with Gasteiger partial charge >= 0.3 is 0 Å². The van der Waals surface area contributed by atoms with E-state index in [4.69, 9.17) is 0 Å². The predicted octanol–water partition coefficient (Wildman–Crippen LogP) is 0.568. The summed E-state index contributed by atoms with van der Waals surface area (Å²) < 4.78 is 1.81. The van der Waals surface area contributed by atoms with Crippen molar-refractivity contribution in [3.05, 3.63) is 18.0 Å². The third kappa shape index (κ3) is 3.56. The lowest BCUT2D eigenvalue weighted by atomic mass is 10.2. The van der Waals surface area contributed by atoms with Gasteiger partial charge in [-0.1, -0.05) is 12.8 Å². The molecule has 1 aromatic heterocycles. The van der Waals surface area contributed by atoms with Crippen molar-refractivity contribution in [2.24, 2.45) is 7.05 Å². The number of carbonyl (C=O) groups is 1. The predicted molar refractivity (Wildman–Crippen MR) is 65.3 cm³/mol. The molecule has 1 amide bonds. The van der Waals surface area contributed by atoms with E-state index in [1.807, 2.05) is 17.8 Å². The molecule has 1 aromatic rings. The smallest absolute Gasteiger partial charge is 0.234 e. The first-order valence-electron chi connectivity index (χ1n) is 6.22. The van der Waals surface area contributed by atoms with Gasteiger partial charge in [0.25, 0.3) is 0 Å². The van der Waals surface area contributed by atoms with Crippen molar-refractivity contribution in [1.29, 1.82) is 0 Å². The fraction of sp³-hybridized carbons (Fsp3) is 0.667. The lowest BCUT2D eigenvalue weighted by molar-refractivity contribution is -0.120. The maximum atomic E-state index is 11.6. The van der Waals surface area contributed by atoms with Gasteiger partial charge in [-0.15, -0.1) is 0 Å². The average Bonchev–Trinajstić information content (AvgIpc) is 2.91. The van der Waals surface area contributed by atoms with Crippen LogP contribution < -0.4 is 10.6 Å². The zero-order chi connectivity index (χ0) is 12.1. The molecule has 2 N–H and O–H groups in total. The number of aromatic nitrogens is 2. The van der Waals surface area contributed by atoms with E-state index in [2.05, 4.69) is 15.7 Å². The Bertz CT molecular complexity index is 368. The molecule has 1 saturated carbocycles. The van der Waals surface area contributed by atoms with Crippen LogP contribution in [0, 0.1) is 0 Å². The van der Waals surface area contributed by atoms with Gasteiger partial charge in [0, 0.05) is 25.8 Å². The standard InChI is InChI=1S/C12H20N4O/c1-16-11(6-7-14-16)8-13-9-12(17)15-10-4-2-3-5-10/h6-7,10,13H,2-5,8-9H2,1H3,(H,15,17). The molecule has 94 valence electrons. The summed E-state index contributed by atoms with van der Waals surface area (Å²) in [6, 6.07) is 2.35. The highest BCUT2D eigenvalue weighted by molar-refractivity contribution is 5.78. The van der Waals surface area contributed by atoms with Crippen LogP contribution in [-0.4, -0.2) is 28.3 Å². The summed E-state index contributed by atoms with van der Waals surface area (Å²) in [7, 11) is 1.90. The number of rotatable bonds is 5. The van der Waals surface area contributed by atoms with Crippen LogP contribution in [0.1, 0.15) is 31.4 Å². The first kappa shape index (κ1) is 12.1. The summed E-state index contributed by atoms with van der Waals surface area (Å²) in [5, 5.41) is 10.3. The third-order valence-electron chi connectivity index (χ3n) is 3.23. The van der Waals surface area contributed by atoms with E-state index in [1.165, 1.54) is 12.8 Å². The van der Waals surface area contributed by atoms with E-state index < -0.39 is 0 Å². The average molecular weight is 236 g/mol. The topological polar surface area (TPSA) is 59.0 Å². The zero-order valence-electron chi connectivity index (χ0n) is 10.3. The number of carbonyl (C=O) groups excluding carboxylic acids is 1. The summed E-state index contributed by atoms with van der Waals surface area (Å²) >= 11 is 0. The Hall–Kier alpha value is -1.36. The fourth-order valence-corrected chi connectivity index (χ4v) is 2.23. The molecule has 1 heterocycles. The molecule has 2 rings (SSSR count). The lowest BCUT2D eigenvalue weighted by Crippen LogP contribution is -2.39. The van der Waals surface area contributed by atoms with Crippen LogP contribution in [0.15, 0.2) is 12.3 Å². The Morgan fingerprint density at radius 3 is 2.94 bits per heavy atom. The Labute approximate surface area is 102 Å². The fourth-order valence-electron chi connectivity index (χ4n) is 2.23. The number of nitrogens with one attached hydrogen (secondary N) is 2. The third-order valence-corrected chi connectivity index (χ3v) is 3.23. The van der Waals surface area contributed by atoms with E-state index in [-0.39, 0.29) is 5.91 Å². The number of hydrogen-bond acceptors (Lipinski definition) is 3. The lowest BCUT2D eigenvalue weighted by Gasteiger charge is -2.12. The van der Waals surface area contributed by atoms with Crippen LogP contribution in [0.25, 0.3) is 0 Å². The van der Waals surface area contributed by atoms with E-state index in [1.54, 1.807) is 6.20 Å². The second-order valence-electron chi connectivity index (χ2n) is 4.60. The second-order valence-corrected chi connectivity index (χ2v) is 4.60. The van der Waals surface area contributed by atoms with Gasteiger partial charge in [0.15, 0.2) is 0 Å². The van der Waals surface area contributed by atoms with E-state index in [9.17, 15) is 4.79 Å². The van der Waals surface area contributed by atoms with Crippen LogP contribution in [0.2, 0.25) is 0 Å². The SMILES string of the molecule is Cn1nccc1CNCC(=O)NC1CCCC1. The number of amides is 1. The van der Waals surface area contributed by atoms with Gasteiger partial charge in [-0.2, -0.15) is 5.10 Å². The monoisotopic (exact) mass is 236 g/mol. The molecule has 0 aromatic carbocycles. The number of hydrogen-bond donors (Lipinski definition) is 2. The van der Waals surface area contributed by atoms with E-state index >= 15 is 0 Å². The van der Waals surface area contributed by atoms with Crippen molar-refractivity contribution in [2.75, 3.05) is 6.54 Å². The Morgan fingerprint density at radius 1 is 1.53 bits per heavy atom. The molecule has 0 saturated heterocycles. The van der Waals surface area contributed by atoms with Gasteiger partial charge in [0.05, 0.1) is 12.2 Å². The highest BCUT2D eigenvalue weighted by atomic mass is 16.1. The first-order chi connectivity index (χ1) is 8.25. The van der Waals surface area contributed by atoms with Crippen LogP contribution in [0.4, 0.5) is 0 Å². The first-order valence-corrected chi connectivity index (χ1v) is 6.22. The summed E-state index contributed by atoms with van der Waals surface area (Å²) in [5.41, 5.74) is 1.08. The molecular weight excluding hydrogens is 216 g/mol. The second kappa shape index (κ2) is 5.82. The van der Waals surface area contributed by atoms with Gasteiger partial charge in [0.1, 0.15) is 0 Å². The van der Waals surface area contributed by atoms with Crippen LogP contribution >= 0.6 is 0 Å². The molecule has 1 aliphatic rings. The molecule has 0 radical (unpaired) electrons. The molecular formula is C12H20N4O. The van der Waals surface area contributed by atoms with Crippen LogP contribution in [0.3, 0.4) is 0 Å². The highest BCUT2D eigenvalue weighted by Gasteiger charge is 2.16. The van der Waals surface area contributed by atoms with Crippen molar-refractivity contribution in [1.82, 2.24) is 20.4 Å². The summed E-state index contributed by atoms with van der Waals surface area (Å²) in [6.45, 7) is 1.05.